The Kier molecular flexibility index (Phi) is 5.41. The van der Waals surface area contributed by atoms with Gasteiger partial charge in [-0.25, -0.2) is 0 Å². The molecule has 1 saturated carbocycles. The summed E-state index contributed by atoms with van der Waals surface area (Å²) in [4.78, 5) is 17.8. The number of likely N-dealkylation sites (N-methyl/N-ethyl adjacent to an activating group) is 1. The molecule has 0 saturated heterocycles. The third kappa shape index (κ3) is 4.53. The lowest BCUT2D eigenvalue weighted by Crippen LogP contribution is -2.29. The topological polar surface area (TPSA) is 59.2 Å². The summed E-state index contributed by atoms with van der Waals surface area (Å²) in [7, 11) is 1.86. The number of halogens is 1. The van der Waals surface area contributed by atoms with Gasteiger partial charge in [0.1, 0.15) is 0 Å². The van der Waals surface area contributed by atoms with Crippen molar-refractivity contribution in [3.8, 4) is 0 Å². The number of anilines is 1. The summed E-state index contributed by atoms with van der Waals surface area (Å²) in [6, 6.07) is 3.59. The largest absolute Gasteiger partial charge is 0.397 e. The molecule has 0 bridgehead atoms. The van der Waals surface area contributed by atoms with E-state index in [0.717, 1.165) is 24.6 Å². The molecule has 4 nitrogen and oxygen atoms in total. The predicted molar refractivity (Wildman–Crippen MR) is 74.6 cm³/mol. The molecule has 1 heterocycles. The average Bonchev–Trinajstić information content (AvgIpc) is 3.13. The molecule has 0 spiro atoms. The first kappa shape index (κ1) is 14.8. The fraction of sp³-hybridized carbons (Fsp3) is 0.538. The Bertz CT molecular complexity index is 390. The van der Waals surface area contributed by atoms with E-state index in [0.29, 0.717) is 12.1 Å². The van der Waals surface area contributed by atoms with Gasteiger partial charge in [-0.1, -0.05) is 12.8 Å². The zero-order valence-corrected chi connectivity index (χ0v) is 11.4. The highest BCUT2D eigenvalue weighted by Crippen LogP contribution is 2.32. The van der Waals surface area contributed by atoms with E-state index in [1.807, 2.05) is 13.1 Å². The predicted octanol–water partition coefficient (Wildman–Crippen LogP) is 1.89. The van der Waals surface area contributed by atoms with Crippen LogP contribution in [-0.2, 0) is 11.2 Å². The molecule has 1 aromatic heterocycles. The molecule has 0 radical (unpaired) electrons. The van der Waals surface area contributed by atoms with Crippen LogP contribution in [-0.4, -0.2) is 29.4 Å². The van der Waals surface area contributed by atoms with Gasteiger partial charge in [0.05, 0.1) is 18.3 Å². The first-order valence-corrected chi connectivity index (χ1v) is 6.09. The maximum atomic E-state index is 11.9. The van der Waals surface area contributed by atoms with Crippen LogP contribution in [0.2, 0.25) is 0 Å². The minimum Gasteiger partial charge on any atom is -0.397 e. The Morgan fingerprint density at radius 3 is 2.78 bits per heavy atom. The number of carbonyl (C=O) groups is 1. The fourth-order valence-corrected chi connectivity index (χ4v) is 1.74. The summed E-state index contributed by atoms with van der Waals surface area (Å²) in [5, 5.41) is 0. The molecule has 0 aliphatic heterocycles. The third-order valence-electron chi connectivity index (χ3n) is 3.18. The van der Waals surface area contributed by atoms with Crippen LogP contribution in [0.1, 0.15) is 25.0 Å². The van der Waals surface area contributed by atoms with Crippen LogP contribution < -0.4 is 5.73 Å². The van der Waals surface area contributed by atoms with Gasteiger partial charge in [-0.05, 0) is 24.5 Å². The summed E-state index contributed by atoms with van der Waals surface area (Å²) in [6.07, 6.45) is 5.76. The van der Waals surface area contributed by atoms with Crippen molar-refractivity contribution < 1.29 is 4.79 Å². The maximum Gasteiger partial charge on any atom is 0.228 e. The average molecular weight is 270 g/mol. The number of rotatable bonds is 5. The maximum absolute atomic E-state index is 11.9. The van der Waals surface area contributed by atoms with Crippen LogP contribution in [0, 0.1) is 5.92 Å². The summed E-state index contributed by atoms with van der Waals surface area (Å²) in [5.41, 5.74) is 6.96. The first-order valence-electron chi connectivity index (χ1n) is 6.09. The number of amides is 1. The van der Waals surface area contributed by atoms with E-state index in [1.54, 1.807) is 17.2 Å². The SMILES string of the molecule is CN(CCC1CC1)C(=O)Cc1ccc(N)cn1.Cl. The van der Waals surface area contributed by atoms with E-state index in [9.17, 15) is 4.79 Å². The first-order chi connectivity index (χ1) is 8.15. The summed E-state index contributed by atoms with van der Waals surface area (Å²) in [6.45, 7) is 0.860. The molecule has 1 amide bonds. The van der Waals surface area contributed by atoms with E-state index in [2.05, 4.69) is 4.98 Å². The zero-order valence-electron chi connectivity index (χ0n) is 10.6. The Morgan fingerprint density at radius 1 is 1.50 bits per heavy atom. The van der Waals surface area contributed by atoms with Gasteiger partial charge in [-0.3, -0.25) is 9.78 Å². The standard InChI is InChI=1S/C13H19N3O.ClH/c1-16(7-6-10-2-3-10)13(17)8-12-5-4-11(14)9-15-12;/h4-5,9-10H,2-3,6-8,14H2,1H3;1H. The number of nitrogen functional groups attached to an aromatic ring is 1. The van der Waals surface area contributed by atoms with Gasteiger partial charge in [0.2, 0.25) is 5.91 Å². The van der Waals surface area contributed by atoms with Crippen LogP contribution in [0.25, 0.3) is 0 Å². The van der Waals surface area contributed by atoms with Gasteiger partial charge in [-0.2, -0.15) is 0 Å². The van der Waals surface area contributed by atoms with E-state index >= 15 is 0 Å². The molecule has 5 heteroatoms. The third-order valence-corrected chi connectivity index (χ3v) is 3.18. The molecule has 0 aromatic carbocycles. The number of hydrogen-bond donors (Lipinski definition) is 1. The number of hydrogen-bond acceptors (Lipinski definition) is 3. The number of aromatic nitrogens is 1. The fourth-order valence-electron chi connectivity index (χ4n) is 1.74. The van der Waals surface area contributed by atoms with Crippen LogP contribution in [0.4, 0.5) is 5.69 Å². The number of pyridine rings is 1. The van der Waals surface area contributed by atoms with Crippen molar-refractivity contribution in [2.75, 3.05) is 19.3 Å². The molecular weight excluding hydrogens is 250 g/mol. The second-order valence-corrected chi connectivity index (χ2v) is 4.81. The molecule has 1 fully saturated rings. The molecule has 1 aromatic rings. The number of nitrogens with two attached hydrogens (primary N) is 1. The minimum absolute atomic E-state index is 0. The van der Waals surface area contributed by atoms with Crippen LogP contribution >= 0.6 is 12.4 Å². The van der Waals surface area contributed by atoms with Crippen molar-refractivity contribution in [1.29, 1.82) is 0 Å². The van der Waals surface area contributed by atoms with Crippen LogP contribution in [0.15, 0.2) is 18.3 Å². The smallest absolute Gasteiger partial charge is 0.228 e. The molecule has 18 heavy (non-hydrogen) atoms. The van der Waals surface area contributed by atoms with Crippen molar-refractivity contribution in [2.24, 2.45) is 5.92 Å². The van der Waals surface area contributed by atoms with E-state index in [-0.39, 0.29) is 18.3 Å². The van der Waals surface area contributed by atoms with Crippen molar-refractivity contribution in [2.45, 2.75) is 25.7 Å². The minimum atomic E-state index is 0. The Hall–Kier alpha value is -1.29. The monoisotopic (exact) mass is 269 g/mol. The number of carbonyl (C=O) groups excluding carboxylic acids is 1. The van der Waals surface area contributed by atoms with E-state index in [1.165, 1.54) is 12.8 Å². The highest BCUT2D eigenvalue weighted by molar-refractivity contribution is 5.85. The lowest BCUT2D eigenvalue weighted by atomic mass is 10.2. The van der Waals surface area contributed by atoms with Crippen molar-refractivity contribution >= 4 is 24.0 Å². The number of nitrogens with zero attached hydrogens (tertiary/aromatic N) is 2. The Morgan fingerprint density at radius 2 is 2.22 bits per heavy atom. The quantitative estimate of drug-likeness (QED) is 0.888. The Balaban J connectivity index is 0.00000162. The van der Waals surface area contributed by atoms with E-state index < -0.39 is 0 Å². The molecule has 2 rings (SSSR count). The van der Waals surface area contributed by atoms with Crippen molar-refractivity contribution in [3.63, 3.8) is 0 Å². The van der Waals surface area contributed by atoms with Crippen molar-refractivity contribution in [1.82, 2.24) is 9.88 Å². The normalized spacial score (nSPS) is 13.8. The van der Waals surface area contributed by atoms with Gasteiger partial charge in [0.15, 0.2) is 0 Å². The molecular formula is C13H20ClN3O. The molecule has 0 unspecified atom stereocenters. The van der Waals surface area contributed by atoms with Gasteiger partial charge in [-0.15, -0.1) is 12.4 Å². The second-order valence-electron chi connectivity index (χ2n) is 4.81. The van der Waals surface area contributed by atoms with Gasteiger partial charge in [0, 0.05) is 19.3 Å². The zero-order chi connectivity index (χ0) is 12.3. The molecule has 100 valence electrons. The van der Waals surface area contributed by atoms with Crippen LogP contribution in [0.3, 0.4) is 0 Å². The highest BCUT2D eigenvalue weighted by Gasteiger charge is 2.22. The lowest BCUT2D eigenvalue weighted by Gasteiger charge is -2.16. The highest BCUT2D eigenvalue weighted by atomic mass is 35.5. The molecule has 1 aliphatic rings. The van der Waals surface area contributed by atoms with Gasteiger partial charge >= 0.3 is 0 Å². The molecule has 1 aliphatic carbocycles. The summed E-state index contributed by atoms with van der Waals surface area (Å²) >= 11 is 0. The van der Waals surface area contributed by atoms with Crippen LogP contribution in [0.5, 0.6) is 0 Å². The molecule has 0 atom stereocenters. The summed E-state index contributed by atoms with van der Waals surface area (Å²) < 4.78 is 0. The summed E-state index contributed by atoms with van der Waals surface area (Å²) in [5.74, 6) is 0.989. The van der Waals surface area contributed by atoms with E-state index in [4.69, 9.17) is 5.73 Å². The van der Waals surface area contributed by atoms with Crippen molar-refractivity contribution in [3.05, 3.63) is 24.0 Å². The second kappa shape index (κ2) is 6.59. The van der Waals surface area contributed by atoms with Gasteiger partial charge in [0.25, 0.3) is 0 Å². The lowest BCUT2D eigenvalue weighted by molar-refractivity contribution is -0.129. The Labute approximate surface area is 114 Å². The molecule has 2 N–H and O–H groups in total. The van der Waals surface area contributed by atoms with Gasteiger partial charge < -0.3 is 10.6 Å².